The molecule has 0 spiro atoms. The van der Waals surface area contributed by atoms with Gasteiger partial charge in [0.1, 0.15) is 4.66 Å². The summed E-state index contributed by atoms with van der Waals surface area (Å²) in [5.74, 6) is 0. The lowest BCUT2D eigenvalue weighted by molar-refractivity contribution is 0.331. The fraction of sp³-hybridized carbons (Fsp3) is 1.00. The fourth-order valence-electron chi connectivity index (χ4n) is 1.99. The molecule has 0 amide bonds. The Hall–Kier alpha value is 0.390. The Kier molecular flexibility index (Phi) is 3.77. The van der Waals surface area contributed by atoms with Crippen molar-refractivity contribution in [1.82, 2.24) is 4.31 Å². The Balaban J connectivity index is 2.87. The van der Waals surface area contributed by atoms with Crippen LogP contribution in [0.25, 0.3) is 0 Å². The highest BCUT2D eigenvalue weighted by Gasteiger charge is 2.37. The van der Waals surface area contributed by atoms with Crippen LogP contribution >= 0.6 is 15.9 Å². The zero-order valence-electron chi connectivity index (χ0n) is 8.03. The van der Waals surface area contributed by atoms with Crippen molar-refractivity contribution in [2.45, 2.75) is 45.2 Å². The van der Waals surface area contributed by atoms with E-state index >= 15 is 0 Å². The molecule has 0 aromatic rings. The van der Waals surface area contributed by atoms with Crippen LogP contribution in [0.2, 0.25) is 0 Å². The second kappa shape index (κ2) is 4.28. The molecule has 0 radical (unpaired) electrons. The number of hydrogen-bond donors (Lipinski definition) is 0. The molecular formula is C8H16BrNO2S. The van der Waals surface area contributed by atoms with E-state index in [4.69, 9.17) is 0 Å². The van der Waals surface area contributed by atoms with Gasteiger partial charge in [-0.3, -0.25) is 0 Å². The molecule has 1 aliphatic heterocycles. The molecule has 2 atom stereocenters. The van der Waals surface area contributed by atoms with Crippen LogP contribution in [-0.2, 0) is 10.0 Å². The summed E-state index contributed by atoms with van der Waals surface area (Å²) in [6.45, 7) is 4.02. The van der Waals surface area contributed by atoms with Crippen LogP contribution in [0.1, 0.15) is 33.1 Å². The average Bonchev–Trinajstić information content (AvgIpc) is 2.47. The Bertz CT molecular complexity index is 265. The van der Waals surface area contributed by atoms with Crippen molar-refractivity contribution in [1.29, 1.82) is 0 Å². The van der Waals surface area contributed by atoms with Crippen LogP contribution in [0.15, 0.2) is 0 Å². The zero-order chi connectivity index (χ0) is 10.1. The molecule has 1 heterocycles. The van der Waals surface area contributed by atoms with E-state index in [1.54, 1.807) is 4.31 Å². The largest absolute Gasteiger partial charge is 0.224 e. The van der Waals surface area contributed by atoms with Crippen LogP contribution in [0.4, 0.5) is 0 Å². The van der Waals surface area contributed by atoms with Gasteiger partial charge in [0.2, 0.25) is 10.0 Å². The normalized spacial score (nSPS) is 31.0. The van der Waals surface area contributed by atoms with E-state index in [1.807, 2.05) is 13.8 Å². The maximum atomic E-state index is 11.7. The second-order valence-electron chi connectivity index (χ2n) is 3.54. The lowest BCUT2D eigenvalue weighted by Crippen LogP contribution is -2.40. The van der Waals surface area contributed by atoms with Gasteiger partial charge >= 0.3 is 0 Å². The van der Waals surface area contributed by atoms with E-state index in [0.29, 0.717) is 0 Å². The van der Waals surface area contributed by atoms with Crippen LogP contribution < -0.4 is 0 Å². The molecule has 1 saturated heterocycles. The first kappa shape index (κ1) is 11.5. The predicted octanol–water partition coefficient (Wildman–Crippen LogP) is 1.93. The summed E-state index contributed by atoms with van der Waals surface area (Å²) in [6, 6.07) is 0.394. The van der Waals surface area contributed by atoms with E-state index in [1.165, 1.54) is 0 Å². The third-order valence-corrected chi connectivity index (χ3v) is 5.95. The van der Waals surface area contributed by atoms with Gasteiger partial charge in [-0.05, 0) is 26.2 Å². The molecule has 0 aromatic carbocycles. The molecule has 0 N–H and O–H groups in total. The number of rotatable bonds is 3. The molecule has 0 bridgehead atoms. The quantitative estimate of drug-likeness (QED) is 0.735. The zero-order valence-corrected chi connectivity index (χ0v) is 10.4. The third-order valence-electron chi connectivity index (χ3n) is 2.64. The Morgan fingerprint density at radius 1 is 1.46 bits per heavy atom. The van der Waals surface area contributed by atoms with Gasteiger partial charge in [0.25, 0.3) is 0 Å². The van der Waals surface area contributed by atoms with Gasteiger partial charge in [-0.25, -0.2) is 8.42 Å². The van der Waals surface area contributed by atoms with Gasteiger partial charge in [-0.1, -0.05) is 22.9 Å². The smallest absolute Gasteiger partial charge is 0.211 e. The molecule has 1 fully saturated rings. The fourth-order valence-corrected chi connectivity index (χ4v) is 4.17. The highest BCUT2D eigenvalue weighted by molar-refractivity contribution is 9.10. The van der Waals surface area contributed by atoms with Gasteiger partial charge in [0, 0.05) is 12.1 Å². The predicted molar refractivity (Wildman–Crippen MR) is 57.3 cm³/mol. The number of nitrogens with zero attached hydrogens (tertiary/aromatic N) is 1. The lowest BCUT2D eigenvalue weighted by atomic mass is 10.2. The summed E-state index contributed by atoms with van der Waals surface area (Å²) in [5, 5.41) is 0. The number of hydrogen-bond acceptors (Lipinski definition) is 2. The Labute approximate surface area is 88.7 Å². The van der Waals surface area contributed by atoms with E-state index in [0.717, 1.165) is 19.3 Å². The van der Waals surface area contributed by atoms with Crippen molar-refractivity contribution in [3.63, 3.8) is 0 Å². The van der Waals surface area contributed by atoms with Gasteiger partial charge < -0.3 is 0 Å². The van der Waals surface area contributed by atoms with Gasteiger partial charge in [-0.15, -0.1) is 0 Å². The van der Waals surface area contributed by atoms with Crippen LogP contribution in [0, 0.1) is 0 Å². The van der Waals surface area contributed by atoms with Gasteiger partial charge in [0.05, 0.1) is 0 Å². The molecule has 5 heteroatoms. The summed E-state index contributed by atoms with van der Waals surface area (Å²) < 4.78 is 25.0. The number of halogens is 1. The first-order valence-electron chi connectivity index (χ1n) is 4.60. The molecule has 1 aliphatic rings. The molecule has 1 rings (SSSR count). The van der Waals surface area contributed by atoms with Gasteiger partial charge in [-0.2, -0.15) is 4.31 Å². The minimum absolute atomic E-state index is 0.0425. The summed E-state index contributed by atoms with van der Waals surface area (Å²) in [7, 11) is -3.06. The number of alkyl halides is 1. The van der Waals surface area contributed by atoms with Crippen LogP contribution in [-0.4, -0.2) is 29.5 Å². The van der Waals surface area contributed by atoms with E-state index in [2.05, 4.69) is 15.9 Å². The highest BCUT2D eigenvalue weighted by atomic mass is 79.9. The van der Waals surface area contributed by atoms with Crippen LogP contribution in [0.5, 0.6) is 0 Å². The van der Waals surface area contributed by atoms with Crippen molar-refractivity contribution in [2.24, 2.45) is 0 Å². The van der Waals surface area contributed by atoms with Crippen molar-refractivity contribution in [2.75, 3.05) is 4.66 Å². The Morgan fingerprint density at radius 2 is 2.08 bits per heavy atom. The number of sulfonamides is 1. The standard InChI is InChI=1S/C8H16BrNO2S/c1-3-8-5-4-7(2)10(8)13(11,12)6-9/h7-8H,3-6H2,1-2H3. The Morgan fingerprint density at radius 3 is 2.54 bits per heavy atom. The summed E-state index contributed by atoms with van der Waals surface area (Å²) >= 11 is 3.04. The van der Waals surface area contributed by atoms with E-state index in [-0.39, 0.29) is 16.7 Å². The van der Waals surface area contributed by atoms with Crippen molar-refractivity contribution in [3.8, 4) is 0 Å². The average molecular weight is 270 g/mol. The summed E-state index contributed by atoms with van der Waals surface area (Å²) in [4.78, 5) is 0. The van der Waals surface area contributed by atoms with Crippen molar-refractivity contribution >= 4 is 26.0 Å². The minimum atomic E-state index is -3.06. The molecule has 78 valence electrons. The summed E-state index contributed by atoms with van der Waals surface area (Å²) in [5.41, 5.74) is 0. The van der Waals surface area contributed by atoms with Gasteiger partial charge in [0.15, 0.2) is 0 Å². The minimum Gasteiger partial charge on any atom is -0.211 e. The molecule has 0 saturated carbocycles. The summed E-state index contributed by atoms with van der Waals surface area (Å²) in [6.07, 6.45) is 2.91. The van der Waals surface area contributed by atoms with E-state index < -0.39 is 10.0 Å². The first-order valence-corrected chi connectivity index (χ1v) is 7.33. The molecule has 3 nitrogen and oxygen atoms in total. The SMILES string of the molecule is CCC1CCC(C)N1S(=O)(=O)CBr. The molecule has 0 aromatic heterocycles. The molecule has 0 aliphatic carbocycles. The van der Waals surface area contributed by atoms with Crippen LogP contribution in [0.3, 0.4) is 0 Å². The first-order chi connectivity index (χ1) is 6.03. The highest BCUT2D eigenvalue weighted by Crippen LogP contribution is 2.29. The third kappa shape index (κ3) is 2.25. The van der Waals surface area contributed by atoms with Crippen molar-refractivity contribution in [3.05, 3.63) is 0 Å². The lowest BCUT2D eigenvalue weighted by Gasteiger charge is -2.25. The maximum absolute atomic E-state index is 11.7. The maximum Gasteiger partial charge on any atom is 0.224 e. The molecule has 13 heavy (non-hydrogen) atoms. The van der Waals surface area contributed by atoms with Crippen molar-refractivity contribution < 1.29 is 8.42 Å². The topological polar surface area (TPSA) is 37.4 Å². The molecule has 2 unspecified atom stereocenters. The monoisotopic (exact) mass is 269 g/mol. The second-order valence-corrected chi connectivity index (χ2v) is 6.72. The van der Waals surface area contributed by atoms with E-state index in [9.17, 15) is 8.42 Å². The molecular weight excluding hydrogens is 254 g/mol.